The van der Waals surface area contributed by atoms with Crippen molar-refractivity contribution in [3.63, 3.8) is 0 Å². The highest BCUT2D eigenvalue weighted by Crippen LogP contribution is 2.43. The molecule has 39 heavy (non-hydrogen) atoms. The third-order valence-electron chi connectivity index (χ3n) is 7.25. The van der Waals surface area contributed by atoms with Gasteiger partial charge in [0.1, 0.15) is 41.2 Å². The molecule has 0 radical (unpaired) electrons. The summed E-state index contributed by atoms with van der Waals surface area (Å²) in [6.07, 6.45) is 2.85. The lowest BCUT2D eigenvalue weighted by Crippen LogP contribution is -2.49. The molecule has 4 rings (SSSR count). The van der Waals surface area contributed by atoms with Crippen LogP contribution in [0.2, 0.25) is 0 Å². The van der Waals surface area contributed by atoms with E-state index in [-0.39, 0.29) is 42.9 Å². The molecule has 1 amide bonds. The smallest absolute Gasteiger partial charge is 0.274 e. The van der Waals surface area contributed by atoms with Crippen LogP contribution in [-0.2, 0) is 4.74 Å². The van der Waals surface area contributed by atoms with Crippen molar-refractivity contribution in [1.82, 2.24) is 9.97 Å². The number of amides is 1. The summed E-state index contributed by atoms with van der Waals surface area (Å²) in [5.74, 6) is -4.49. The molecule has 2 heterocycles. The number of aliphatic hydroxyl groups is 2. The molecule has 1 aliphatic rings. The maximum Gasteiger partial charge on any atom is 0.274 e. The van der Waals surface area contributed by atoms with Gasteiger partial charge in [0.2, 0.25) is 0 Å². The zero-order chi connectivity index (χ0) is 28.3. The number of halogens is 3. The van der Waals surface area contributed by atoms with E-state index < -0.39 is 46.3 Å². The van der Waals surface area contributed by atoms with Crippen LogP contribution in [0.1, 0.15) is 48.7 Å². The summed E-state index contributed by atoms with van der Waals surface area (Å²) in [4.78, 5) is 21.1. The molecule has 1 saturated carbocycles. The average molecular weight is 546 g/mol. The fourth-order valence-corrected chi connectivity index (χ4v) is 4.75. The first-order chi connectivity index (χ1) is 18.5. The van der Waals surface area contributed by atoms with Crippen molar-refractivity contribution in [2.24, 2.45) is 5.92 Å². The van der Waals surface area contributed by atoms with Crippen molar-refractivity contribution in [2.45, 2.75) is 44.3 Å². The van der Waals surface area contributed by atoms with Crippen molar-refractivity contribution in [3.8, 4) is 17.0 Å². The molecule has 0 unspecified atom stereocenters. The number of methoxy groups -OCH3 is 1. The Kier molecular flexibility index (Phi) is 8.53. The average Bonchev–Trinajstić information content (AvgIpc) is 2.88. The van der Waals surface area contributed by atoms with E-state index in [1.807, 2.05) is 6.92 Å². The molecule has 2 aromatic heterocycles. The van der Waals surface area contributed by atoms with Gasteiger partial charge >= 0.3 is 0 Å². The molecular weight excluding hydrogens is 515 g/mol. The maximum absolute atomic E-state index is 14.8. The molecule has 1 fully saturated rings. The lowest BCUT2D eigenvalue weighted by atomic mass is 9.69. The highest BCUT2D eigenvalue weighted by Gasteiger charge is 2.43. The molecule has 1 aromatic carbocycles. The van der Waals surface area contributed by atoms with Gasteiger partial charge in [0.25, 0.3) is 5.91 Å². The first-order valence-corrected chi connectivity index (χ1v) is 12.5. The zero-order valence-electron chi connectivity index (χ0n) is 21.7. The molecule has 11 heteroatoms. The second kappa shape index (κ2) is 11.7. The number of hydrogen-bond acceptors (Lipinski definition) is 7. The molecule has 0 saturated heterocycles. The summed E-state index contributed by atoms with van der Waals surface area (Å²) < 4.78 is 54.4. The fourth-order valence-electron chi connectivity index (χ4n) is 4.75. The van der Waals surface area contributed by atoms with Crippen LogP contribution in [-0.4, -0.2) is 58.1 Å². The number of benzene rings is 1. The van der Waals surface area contributed by atoms with Crippen molar-refractivity contribution in [2.75, 3.05) is 25.6 Å². The van der Waals surface area contributed by atoms with Crippen LogP contribution in [0.5, 0.6) is 5.75 Å². The Hall–Kier alpha value is -3.54. The Morgan fingerprint density at radius 3 is 2.51 bits per heavy atom. The van der Waals surface area contributed by atoms with Gasteiger partial charge in [-0.05, 0) is 55.4 Å². The minimum atomic E-state index is -1.24. The van der Waals surface area contributed by atoms with E-state index in [2.05, 4.69) is 15.3 Å². The van der Waals surface area contributed by atoms with Gasteiger partial charge in [-0.15, -0.1) is 0 Å². The highest BCUT2D eigenvalue weighted by molar-refractivity contribution is 6.03. The SMILES string of the molecule is COCCOc1cc(F)c(-c2nc(C(=O)Nc3cnccc3[C@H]3C[C@@H](O)[C@](C)(O)[C@@H](C)C3)ccc2F)c(F)c1. The molecule has 0 aliphatic heterocycles. The van der Waals surface area contributed by atoms with Crippen LogP contribution in [0.15, 0.2) is 42.7 Å². The van der Waals surface area contributed by atoms with E-state index in [0.717, 1.165) is 24.3 Å². The molecule has 4 atom stereocenters. The number of aliphatic hydroxyl groups excluding tert-OH is 1. The number of carbonyl (C=O) groups is 1. The summed E-state index contributed by atoms with van der Waals surface area (Å²) in [5, 5.41) is 23.7. The minimum Gasteiger partial charge on any atom is -0.491 e. The molecule has 3 aromatic rings. The van der Waals surface area contributed by atoms with E-state index in [0.29, 0.717) is 17.7 Å². The molecule has 1 aliphatic carbocycles. The van der Waals surface area contributed by atoms with Crippen molar-refractivity contribution in [1.29, 1.82) is 0 Å². The molecule has 0 bridgehead atoms. The Morgan fingerprint density at radius 2 is 1.85 bits per heavy atom. The largest absolute Gasteiger partial charge is 0.491 e. The number of aromatic nitrogens is 2. The quantitative estimate of drug-likeness (QED) is 0.358. The van der Waals surface area contributed by atoms with E-state index >= 15 is 0 Å². The predicted molar refractivity (Wildman–Crippen MR) is 137 cm³/mol. The predicted octanol–water partition coefficient (Wildman–Crippen LogP) is 4.46. The van der Waals surface area contributed by atoms with Gasteiger partial charge in [-0.25, -0.2) is 18.2 Å². The fraction of sp³-hybridized carbons (Fsp3) is 0.393. The van der Waals surface area contributed by atoms with E-state index in [4.69, 9.17) is 9.47 Å². The van der Waals surface area contributed by atoms with E-state index in [9.17, 15) is 28.2 Å². The van der Waals surface area contributed by atoms with Crippen LogP contribution >= 0.6 is 0 Å². The number of nitrogens with one attached hydrogen (secondary N) is 1. The van der Waals surface area contributed by atoms with Gasteiger partial charge in [0.15, 0.2) is 0 Å². The minimum absolute atomic E-state index is 0.0609. The van der Waals surface area contributed by atoms with Gasteiger partial charge < -0.3 is 25.0 Å². The number of hydrogen-bond donors (Lipinski definition) is 3. The second-order valence-electron chi connectivity index (χ2n) is 9.86. The number of ether oxygens (including phenoxy) is 2. The zero-order valence-corrected chi connectivity index (χ0v) is 21.7. The maximum atomic E-state index is 14.8. The van der Waals surface area contributed by atoms with Crippen LogP contribution in [0.25, 0.3) is 11.3 Å². The van der Waals surface area contributed by atoms with E-state index in [1.54, 1.807) is 19.2 Å². The van der Waals surface area contributed by atoms with Gasteiger partial charge in [-0.1, -0.05) is 6.92 Å². The van der Waals surface area contributed by atoms with Crippen LogP contribution in [0.3, 0.4) is 0 Å². The summed E-state index contributed by atoms with van der Waals surface area (Å²) >= 11 is 0. The Bertz CT molecular complexity index is 1320. The molecule has 208 valence electrons. The Balaban J connectivity index is 1.59. The first kappa shape index (κ1) is 28.5. The molecule has 3 N–H and O–H groups in total. The Labute approximate surface area is 223 Å². The standard InChI is InChI=1S/C28H30F3N3O5/c1-15-10-16(11-24(35)28(15,2)37)18-6-7-32-14-23(18)34-27(36)22-5-4-19(29)26(33-22)25-20(30)12-17(13-21(25)31)39-9-8-38-3/h4-7,12-16,24,35,37H,8-11H2,1-3H3,(H,34,36)/t15-,16+,24+,28+/m0/s1. The number of nitrogens with zero attached hydrogens (tertiary/aromatic N) is 2. The summed E-state index contributed by atoms with van der Waals surface area (Å²) in [6.45, 7) is 3.71. The first-order valence-electron chi connectivity index (χ1n) is 12.5. The second-order valence-corrected chi connectivity index (χ2v) is 9.86. The number of rotatable bonds is 8. The molecule has 8 nitrogen and oxygen atoms in total. The van der Waals surface area contributed by atoms with Crippen LogP contribution in [0, 0.1) is 23.4 Å². The topological polar surface area (TPSA) is 114 Å². The lowest BCUT2D eigenvalue weighted by molar-refractivity contribution is -0.123. The van der Waals surface area contributed by atoms with Crippen LogP contribution < -0.4 is 10.1 Å². The van der Waals surface area contributed by atoms with Gasteiger partial charge in [0.05, 0.1) is 35.8 Å². The van der Waals surface area contributed by atoms with Crippen LogP contribution in [0.4, 0.5) is 18.9 Å². The van der Waals surface area contributed by atoms with E-state index in [1.165, 1.54) is 13.3 Å². The third-order valence-corrected chi connectivity index (χ3v) is 7.25. The van der Waals surface area contributed by atoms with Gasteiger partial charge in [-0.2, -0.15) is 0 Å². The number of anilines is 1. The summed E-state index contributed by atoms with van der Waals surface area (Å²) in [5.41, 5.74) is -1.88. The molecule has 0 spiro atoms. The highest BCUT2D eigenvalue weighted by atomic mass is 19.1. The third kappa shape index (κ3) is 6.05. The number of carbonyl (C=O) groups excluding carboxylic acids is 1. The summed E-state index contributed by atoms with van der Waals surface area (Å²) in [7, 11) is 1.45. The van der Waals surface area contributed by atoms with Crippen molar-refractivity contribution >= 4 is 11.6 Å². The lowest BCUT2D eigenvalue weighted by Gasteiger charge is -2.43. The summed E-state index contributed by atoms with van der Waals surface area (Å²) in [6, 6.07) is 5.53. The number of pyridine rings is 2. The monoisotopic (exact) mass is 545 g/mol. The van der Waals surface area contributed by atoms with Crippen molar-refractivity contribution in [3.05, 3.63) is 71.4 Å². The van der Waals surface area contributed by atoms with Gasteiger partial charge in [0, 0.05) is 25.4 Å². The van der Waals surface area contributed by atoms with Crippen molar-refractivity contribution < 1.29 is 37.7 Å². The molecular formula is C28H30F3N3O5. The van der Waals surface area contributed by atoms with Gasteiger partial charge in [-0.3, -0.25) is 9.78 Å². The normalized spacial score (nSPS) is 22.9. The Morgan fingerprint density at radius 1 is 1.13 bits per heavy atom.